The Morgan fingerprint density at radius 3 is 2.32 bits per heavy atom. The standard InChI is InChI=1S/C14H21BrN2O2/c1-4-14(5-2,6-3)16-10-11-7-8-12(15)9-13(11)17(18)19/h7-9,16H,4-6,10H2,1-3H3. The quantitative estimate of drug-likeness (QED) is 0.595. The number of benzene rings is 1. The first-order valence-corrected chi connectivity index (χ1v) is 7.45. The Labute approximate surface area is 122 Å². The fourth-order valence-electron chi connectivity index (χ4n) is 2.26. The van der Waals surface area contributed by atoms with Gasteiger partial charge in [-0.15, -0.1) is 0 Å². The van der Waals surface area contributed by atoms with E-state index in [4.69, 9.17) is 0 Å². The van der Waals surface area contributed by atoms with E-state index >= 15 is 0 Å². The van der Waals surface area contributed by atoms with Gasteiger partial charge in [-0.1, -0.05) is 36.7 Å². The summed E-state index contributed by atoms with van der Waals surface area (Å²) in [7, 11) is 0. The maximum atomic E-state index is 11.1. The van der Waals surface area contributed by atoms with E-state index in [1.165, 1.54) is 0 Å². The molecule has 19 heavy (non-hydrogen) atoms. The van der Waals surface area contributed by atoms with Crippen LogP contribution in [-0.4, -0.2) is 10.5 Å². The van der Waals surface area contributed by atoms with Crippen LogP contribution in [0.2, 0.25) is 0 Å². The van der Waals surface area contributed by atoms with Crippen LogP contribution in [0.1, 0.15) is 45.6 Å². The van der Waals surface area contributed by atoms with Crippen molar-refractivity contribution < 1.29 is 4.92 Å². The number of nitrogens with one attached hydrogen (secondary N) is 1. The fourth-order valence-corrected chi connectivity index (χ4v) is 2.61. The highest BCUT2D eigenvalue weighted by atomic mass is 79.9. The smallest absolute Gasteiger partial charge is 0.275 e. The molecular formula is C14H21BrN2O2. The number of halogens is 1. The van der Waals surface area contributed by atoms with Crippen molar-refractivity contribution in [3.05, 3.63) is 38.3 Å². The lowest BCUT2D eigenvalue weighted by Gasteiger charge is -2.32. The van der Waals surface area contributed by atoms with Crippen LogP contribution >= 0.6 is 15.9 Å². The molecule has 1 N–H and O–H groups in total. The molecule has 1 aromatic rings. The van der Waals surface area contributed by atoms with Gasteiger partial charge in [0.15, 0.2) is 0 Å². The average molecular weight is 329 g/mol. The molecule has 0 aliphatic rings. The summed E-state index contributed by atoms with van der Waals surface area (Å²) in [6.07, 6.45) is 3.05. The molecule has 0 aliphatic carbocycles. The number of nitro benzene ring substituents is 1. The molecule has 0 radical (unpaired) electrons. The normalized spacial score (nSPS) is 11.6. The highest BCUT2D eigenvalue weighted by Crippen LogP contribution is 2.25. The second-order valence-corrected chi connectivity index (χ2v) is 5.64. The van der Waals surface area contributed by atoms with Crippen LogP contribution in [-0.2, 0) is 6.54 Å². The molecule has 1 aromatic carbocycles. The Balaban J connectivity index is 2.91. The van der Waals surface area contributed by atoms with Crippen LogP contribution in [0.3, 0.4) is 0 Å². The van der Waals surface area contributed by atoms with Gasteiger partial charge >= 0.3 is 0 Å². The Morgan fingerprint density at radius 1 is 1.26 bits per heavy atom. The van der Waals surface area contributed by atoms with E-state index in [1.807, 2.05) is 6.07 Å². The Bertz CT molecular complexity index is 437. The van der Waals surface area contributed by atoms with Gasteiger partial charge < -0.3 is 5.32 Å². The summed E-state index contributed by atoms with van der Waals surface area (Å²) < 4.78 is 0.732. The van der Waals surface area contributed by atoms with Crippen LogP contribution < -0.4 is 5.32 Å². The SMILES string of the molecule is CCC(CC)(CC)NCc1ccc(Br)cc1[N+](=O)[O-]. The average Bonchev–Trinajstić information content (AvgIpc) is 2.42. The zero-order valence-corrected chi connectivity index (χ0v) is 13.3. The van der Waals surface area contributed by atoms with Gasteiger partial charge in [-0.2, -0.15) is 0 Å². The molecule has 0 atom stereocenters. The van der Waals surface area contributed by atoms with Crippen LogP contribution in [0.15, 0.2) is 22.7 Å². The predicted molar refractivity (Wildman–Crippen MR) is 81.2 cm³/mol. The lowest BCUT2D eigenvalue weighted by molar-refractivity contribution is -0.385. The summed E-state index contributed by atoms with van der Waals surface area (Å²) in [4.78, 5) is 10.7. The summed E-state index contributed by atoms with van der Waals surface area (Å²) in [5.41, 5.74) is 0.966. The fraction of sp³-hybridized carbons (Fsp3) is 0.571. The minimum Gasteiger partial charge on any atom is -0.307 e. The van der Waals surface area contributed by atoms with Crippen molar-refractivity contribution in [2.24, 2.45) is 0 Å². The van der Waals surface area contributed by atoms with E-state index in [2.05, 4.69) is 42.0 Å². The summed E-state index contributed by atoms with van der Waals surface area (Å²) in [6.45, 7) is 6.97. The van der Waals surface area contributed by atoms with E-state index in [-0.39, 0.29) is 16.1 Å². The molecule has 0 spiro atoms. The third-order valence-corrected chi connectivity index (χ3v) is 4.42. The highest BCUT2D eigenvalue weighted by molar-refractivity contribution is 9.10. The van der Waals surface area contributed by atoms with Gasteiger partial charge in [-0.25, -0.2) is 0 Å². The molecule has 106 valence electrons. The van der Waals surface area contributed by atoms with E-state index in [1.54, 1.807) is 12.1 Å². The molecule has 0 aromatic heterocycles. The summed E-state index contributed by atoms with van der Waals surface area (Å²) in [5.74, 6) is 0. The van der Waals surface area contributed by atoms with Gasteiger partial charge in [-0.05, 0) is 31.4 Å². The molecule has 0 amide bonds. The van der Waals surface area contributed by atoms with Crippen LogP contribution in [0.25, 0.3) is 0 Å². The minimum atomic E-state index is -0.326. The van der Waals surface area contributed by atoms with E-state index in [9.17, 15) is 10.1 Å². The third kappa shape index (κ3) is 4.01. The first kappa shape index (κ1) is 16.1. The van der Waals surface area contributed by atoms with Gasteiger partial charge in [0.2, 0.25) is 0 Å². The second kappa shape index (κ2) is 7.01. The number of nitrogens with zero attached hydrogens (tertiary/aromatic N) is 1. The van der Waals surface area contributed by atoms with Crippen LogP contribution in [0, 0.1) is 10.1 Å². The van der Waals surface area contributed by atoms with Gasteiger partial charge in [0.1, 0.15) is 0 Å². The third-order valence-electron chi connectivity index (χ3n) is 3.93. The van der Waals surface area contributed by atoms with Crippen molar-refractivity contribution in [3.8, 4) is 0 Å². The first-order chi connectivity index (χ1) is 8.98. The molecule has 0 unspecified atom stereocenters. The molecule has 0 fully saturated rings. The Morgan fingerprint density at radius 2 is 1.84 bits per heavy atom. The van der Waals surface area contributed by atoms with Crippen LogP contribution in [0.4, 0.5) is 5.69 Å². The molecule has 0 bridgehead atoms. The number of hydrogen-bond acceptors (Lipinski definition) is 3. The van der Waals surface area contributed by atoms with Crippen molar-refractivity contribution >= 4 is 21.6 Å². The maximum absolute atomic E-state index is 11.1. The molecular weight excluding hydrogens is 308 g/mol. The van der Waals surface area contributed by atoms with Crippen molar-refractivity contribution in [2.75, 3.05) is 0 Å². The topological polar surface area (TPSA) is 55.2 Å². The van der Waals surface area contributed by atoms with Gasteiger partial charge in [0.05, 0.1) is 4.92 Å². The Hall–Kier alpha value is -0.940. The molecule has 4 nitrogen and oxygen atoms in total. The Kier molecular flexibility index (Phi) is 5.94. The van der Waals surface area contributed by atoms with Crippen molar-refractivity contribution in [3.63, 3.8) is 0 Å². The number of rotatable bonds is 7. The van der Waals surface area contributed by atoms with Crippen molar-refractivity contribution in [2.45, 2.75) is 52.1 Å². The molecule has 5 heteroatoms. The molecule has 0 saturated heterocycles. The molecule has 1 rings (SSSR count). The first-order valence-electron chi connectivity index (χ1n) is 6.65. The van der Waals surface area contributed by atoms with Crippen molar-refractivity contribution in [1.82, 2.24) is 5.32 Å². The summed E-state index contributed by atoms with van der Waals surface area (Å²) >= 11 is 3.27. The van der Waals surface area contributed by atoms with Crippen LogP contribution in [0.5, 0.6) is 0 Å². The highest BCUT2D eigenvalue weighted by Gasteiger charge is 2.24. The maximum Gasteiger partial charge on any atom is 0.275 e. The van der Waals surface area contributed by atoms with Gasteiger partial charge in [0, 0.05) is 28.2 Å². The van der Waals surface area contributed by atoms with E-state index in [0.29, 0.717) is 6.54 Å². The second-order valence-electron chi connectivity index (χ2n) is 4.72. The number of hydrogen-bond donors (Lipinski definition) is 1. The number of nitro groups is 1. The van der Waals surface area contributed by atoms with Crippen molar-refractivity contribution in [1.29, 1.82) is 0 Å². The lowest BCUT2D eigenvalue weighted by Crippen LogP contribution is -2.43. The summed E-state index contributed by atoms with van der Waals surface area (Å²) in [6, 6.07) is 5.21. The molecule has 0 saturated carbocycles. The van der Waals surface area contributed by atoms with Gasteiger partial charge in [-0.3, -0.25) is 10.1 Å². The van der Waals surface area contributed by atoms with E-state index in [0.717, 1.165) is 29.3 Å². The van der Waals surface area contributed by atoms with Gasteiger partial charge in [0.25, 0.3) is 5.69 Å². The summed E-state index contributed by atoms with van der Waals surface area (Å²) in [5, 5.41) is 14.6. The molecule has 0 aliphatic heterocycles. The lowest BCUT2D eigenvalue weighted by atomic mass is 9.89. The zero-order chi connectivity index (χ0) is 14.5. The largest absolute Gasteiger partial charge is 0.307 e. The monoisotopic (exact) mass is 328 g/mol. The molecule has 0 heterocycles. The minimum absolute atomic E-state index is 0.0704. The zero-order valence-electron chi connectivity index (χ0n) is 11.7. The van der Waals surface area contributed by atoms with E-state index < -0.39 is 0 Å². The predicted octanol–water partition coefficient (Wildman–Crippen LogP) is 4.42.